The second-order valence-electron chi connectivity index (χ2n) is 6.49. The van der Waals surface area contributed by atoms with Crippen molar-refractivity contribution >= 4 is 11.8 Å². The van der Waals surface area contributed by atoms with Gasteiger partial charge in [-0.2, -0.15) is 0 Å². The summed E-state index contributed by atoms with van der Waals surface area (Å²) in [4.78, 5) is 1.52. The molecule has 0 spiro atoms. The van der Waals surface area contributed by atoms with Crippen molar-refractivity contribution in [2.75, 3.05) is 18.8 Å². The van der Waals surface area contributed by atoms with Crippen LogP contribution in [0.2, 0.25) is 0 Å². The van der Waals surface area contributed by atoms with Crippen LogP contribution in [0.4, 0.5) is 0 Å². The highest BCUT2D eigenvalue weighted by Gasteiger charge is 2.25. The molecule has 2 atom stereocenters. The first kappa shape index (κ1) is 15.9. The van der Waals surface area contributed by atoms with E-state index in [2.05, 4.69) is 50.4 Å². The number of thioether (sulfide) groups is 1. The minimum Gasteiger partial charge on any atom is -0.316 e. The van der Waals surface area contributed by atoms with E-state index in [1.165, 1.54) is 36.5 Å². The van der Waals surface area contributed by atoms with Crippen molar-refractivity contribution in [3.63, 3.8) is 0 Å². The second kappa shape index (κ2) is 8.09. The molecule has 0 amide bonds. The fourth-order valence-electron chi connectivity index (χ4n) is 3.11. The van der Waals surface area contributed by atoms with Gasteiger partial charge in [-0.05, 0) is 55.3 Å². The van der Waals surface area contributed by atoms with Gasteiger partial charge in [0.25, 0.3) is 0 Å². The maximum absolute atomic E-state index is 3.66. The number of hydrogen-bond acceptors (Lipinski definition) is 2. The summed E-state index contributed by atoms with van der Waals surface area (Å²) in [5.41, 5.74) is 1.60. The molecule has 0 fully saturated rings. The molecule has 20 heavy (non-hydrogen) atoms. The van der Waals surface area contributed by atoms with Crippen molar-refractivity contribution in [1.82, 2.24) is 5.32 Å². The Labute approximate surface area is 128 Å². The quantitative estimate of drug-likeness (QED) is 0.729. The smallest absolute Gasteiger partial charge is 0.0107 e. The van der Waals surface area contributed by atoms with Crippen LogP contribution >= 0.6 is 11.8 Å². The van der Waals surface area contributed by atoms with Gasteiger partial charge in [0.2, 0.25) is 0 Å². The first-order valence-electron chi connectivity index (χ1n) is 8.13. The van der Waals surface area contributed by atoms with E-state index in [0.717, 1.165) is 24.3 Å². The van der Waals surface area contributed by atoms with Crippen LogP contribution in [0.15, 0.2) is 29.2 Å². The highest BCUT2D eigenvalue weighted by Crippen LogP contribution is 2.42. The van der Waals surface area contributed by atoms with E-state index in [-0.39, 0.29) is 0 Å². The SMILES string of the molecule is CCCC(CNCC(C)C)CC1CSc2ccccc21. The van der Waals surface area contributed by atoms with Crippen LogP contribution in [-0.4, -0.2) is 18.8 Å². The largest absolute Gasteiger partial charge is 0.316 e. The Morgan fingerprint density at radius 1 is 1.25 bits per heavy atom. The van der Waals surface area contributed by atoms with Crippen LogP contribution in [-0.2, 0) is 0 Å². The van der Waals surface area contributed by atoms with E-state index in [1.807, 2.05) is 11.8 Å². The number of hydrogen-bond donors (Lipinski definition) is 1. The monoisotopic (exact) mass is 291 g/mol. The van der Waals surface area contributed by atoms with E-state index in [1.54, 1.807) is 5.56 Å². The Morgan fingerprint density at radius 2 is 2.05 bits per heavy atom. The lowest BCUT2D eigenvalue weighted by atomic mass is 9.88. The van der Waals surface area contributed by atoms with Gasteiger partial charge >= 0.3 is 0 Å². The molecule has 0 aliphatic carbocycles. The molecular formula is C18H29NS. The molecule has 1 aliphatic heterocycles. The predicted molar refractivity (Wildman–Crippen MR) is 90.6 cm³/mol. The third kappa shape index (κ3) is 4.53. The van der Waals surface area contributed by atoms with E-state index < -0.39 is 0 Å². The zero-order chi connectivity index (χ0) is 14.4. The average Bonchev–Trinajstić information content (AvgIpc) is 2.82. The standard InChI is InChI=1S/C18H29NS/c1-4-7-15(12-19-11-14(2)3)10-16-13-20-18-9-6-5-8-17(16)18/h5-6,8-9,14-16,19H,4,7,10-13H2,1-3H3. The number of nitrogens with one attached hydrogen (secondary N) is 1. The van der Waals surface area contributed by atoms with Gasteiger partial charge < -0.3 is 5.32 Å². The lowest BCUT2D eigenvalue weighted by Crippen LogP contribution is -2.27. The predicted octanol–water partition coefficient (Wildman–Crippen LogP) is 4.93. The Hall–Kier alpha value is -0.470. The number of benzene rings is 1. The maximum atomic E-state index is 3.66. The van der Waals surface area contributed by atoms with Gasteiger partial charge in [0.05, 0.1) is 0 Å². The molecule has 1 aliphatic rings. The first-order valence-corrected chi connectivity index (χ1v) is 9.11. The van der Waals surface area contributed by atoms with Crippen molar-refractivity contribution in [2.45, 2.75) is 50.8 Å². The van der Waals surface area contributed by atoms with Gasteiger partial charge in [-0.25, -0.2) is 0 Å². The molecule has 1 aromatic rings. The molecule has 1 N–H and O–H groups in total. The van der Waals surface area contributed by atoms with E-state index in [4.69, 9.17) is 0 Å². The Balaban J connectivity index is 1.88. The van der Waals surface area contributed by atoms with Gasteiger partial charge in [-0.3, -0.25) is 0 Å². The van der Waals surface area contributed by atoms with Crippen LogP contribution in [0.25, 0.3) is 0 Å². The average molecular weight is 292 g/mol. The lowest BCUT2D eigenvalue weighted by Gasteiger charge is -2.21. The highest BCUT2D eigenvalue weighted by molar-refractivity contribution is 7.99. The van der Waals surface area contributed by atoms with Crippen molar-refractivity contribution in [3.05, 3.63) is 29.8 Å². The van der Waals surface area contributed by atoms with E-state index in [0.29, 0.717) is 0 Å². The molecule has 2 unspecified atom stereocenters. The highest BCUT2D eigenvalue weighted by atomic mass is 32.2. The first-order chi connectivity index (χ1) is 9.70. The fraction of sp³-hybridized carbons (Fsp3) is 0.667. The van der Waals surface area contributed by atoms with Gasteiger partial charge in [0, 0.05) is 10.6 Å². The summed E-state index contributed by atoms with van der Waals surface area (Å²) in [7, 11) is 0. The molecule has 0 aromatic heterocycles. The Kier molecular flexibility index (Phi) is 6.44. The molecular weight excluding hydrogens is 262 g/mol. The van der Waals surface area contributed by atoms with Gasteiger partial charge in [0.1, 0.15) is 0 Å². The maximum Gasteiger partial charge on any atom is 0.0107 e. The molecule has 1 heterocycles. The molecule has 0 saturated carbocycles. The Bertz CT molecular complexity index is 402. The van der Waals surface area contributed by atoms with Gasteiger partial charge in [-0.1, -0.05) is 45.4 Å². The topological polar surface area (TPSA) is 12.0 Å². The molecule has 0 saturated heterocycles. The number of fused-ring (bicyclic) bond motifs is 1. The molecule has 1 nitrogen and oxygen atoms in total. The van der Waals surface area contributed by atoms with Crippen LogP contribution in [0.5, 0.6) is 0 Å². The van der Waals surface area contributed by atoms with Crippen LogP contribution in [0.1, 0.15) is 51.5 Å². The van der Waals surface area contributed by atoms with Crippen LogP contribution in [0.3, 0.4) is 0 Å². The third-order valence-corrected chi connectivity index (χ3v) is 5.35. The summed E-state index contributed by atoms with van der Waals surface area (Å²) >= 11 is 2.04. The molecule has 2 heteroatoms. The summed E-state index contributed by atoms with van der Waals surface area (Å²) in [6, 6.07) is 8.99. The van der Waals surface area contributed by atoms with Gasteiger partial charge in [0.15, 0.2) is 0 Å². The van der Waals surface area contributed by atoms with Crippen LogP contribution in [0, 0.1) is 11.8 Å². The van der Waals surface area contributed by atoms with Crippen molar-refractivity contribution in [3.8, 4) is 0 Å². The van der Waals surface area contributed by atoms with E-state index in [9.17, 15) is 0 Å². The zero-order valence-electron chi connectivity index (χ0n) is 13.2. The minimum atomic E-state index is 0.750. The number of rotatable bonds is 8. The molecule has 0 bridgehead atoms. The summed E-state index contributed by atoms with van der Waals surface area (Å²) in [6.45, 7) is 9.22. The molecule has 112 valence electrons. The van der Waals surface area contributed by atoms with Crippen molar-refractivity contribution in [1.29, 1.82) is 0 Å². The van der Waals surface area contributed by atoms with Crippen LogP contribution < -0.4 is 5.32 Å². The Morgan fingerprint density at radius 3 is 2.80 bits per heavy atom. The summed E-state index contributed by atoms with van der Waals surface area (Å²) in [5, 5.41) is 3.66. The van der Waals surface area contributed by atoms with Crippen molar-refractivity contribution in [2.24, 2.45) is 11.8 Å². The molecule has 2 rings (SSSR count). The molecule has 0 radical (unpaired) electrons. The summed E-state index contributed by atoms with van der Waals surface area (Å²) in [5.74, 6) is 3.63. The summed E-state index contributed by atoms with van der Waals surface area (Å²) < 4.78 is 0. The third-order valence-electron chi connectivity index (χ3n) is 4.10. The van der Waals surface area contributed by atoms with Gasteiger partial charge in [-0.15, -0.1) is 11.8 Å². The van der Waals surface area contributed by atoms with Crippen molar-refractivity contribution < 1.29 is 0 Å². The summed E-state index contributed by atoms with van der Waals surface area (Å²) in [6.07, 6.45) is 4.01. The normalized spacial score (nSPS) is 19.3. The second-order valence-corrected chi connectivity index (χ2v) is 7.55. The molecule has 1 aromatic carbocycles. The minimum absolute atomic E-state index is 0.750. The lowest BCUT2D eigenvalue weighted by molar-refractivity contribution is 0.381. The fourth-order valence-corrected chi connectivity index (χ4v) is 4.39. The van der Waals surface area contributed by atoms with E-state index >= 15 is 0 Å². The zero-order valence-corrected chi connectivity index (χ0v) is 14.0.